The van der Waals surface area contributed by atoms with E-state index in [2.05, 4.69) is 41.8 Å². The zero-order valence-corrected chi connectivity index (χ0v) is 11.8. The molecule has 1 saturated carbocycles. The van der Waals surface area contributed by atoms with Crippen LogP contribution in [0, 0.1) is 5.92 Å². The van der Waals surface area contributed by atoms with Crippen molar-refractivity contribution < 1.29 is 9.53 Å². The van der Waals surface area contributed by atoms with Crippen LogP contribution in [0.1, 0.15) is 24.8 Å². The van der Waals surface area contributed by atoms with Crippen LogP contribution in [0.2, 0.25) is 0 Å². The maximum absolute atomic E-state index is 12.3. The number of nitrogens with one attached hydrogen (secondary N) is 2. The van der Waals surface area contributed by atoms with Crippen LogP contribution in [0.25, 0.3) is 0 Å². The highest BCUT2D eigenvalue weighted by Gasteiger charge is 2.42. The first-order valence-electron chi connectivity index (χ1n) is 7.46. The minimum absolute atomic E-state index is 0.0491. The molecule has 4 atom stereocenters. The number of hydrogen-bond donors (Lipinski definition) is 2. The van der Waals surface area contributed by atoms with Crippen molar-refractivity contribution in [3.05, 3.63) is 35.9 Å². The summed E-state index contributed by atoms with van der Waals surface area (Å²) in [6.07, 6.45) is 1.05. The van der Waals surface area contributed by atoms with Gasteiger partial charge in [-0.15, -0.1) is 0 Å². The molecule has 0 bridgehead atoms. The zero-order chi connectivity index (χ0) is 13.9. The maximum Gasteiger partial charge on any atom is 0.227 e. The van der Waals surface area contributed by atoms with E-state index in [4.69, 9.17) is 4.74 Å². The number of hydrogen-bond acceptors (Lipinski definition) is 3. The Morgan fingerprint density at radius 1 is 1.25 bits per heavy atom. The minimum atomic E-state index is -0.0491. The van der Waals surface area contributed by atoms with Crippen molar-refractivity contribution in [1.29, 1.82) is 0 Å². The Morgan fingerprint density at radius 3 is 2.80 bits per heavy atom. The highest BCUT2D eigenvalue weighted by Crippen LogP contribution is 2.40. The van der Waals surface area contributed by atoms with Gasteiger partial charge in [-0.05, 0) is 18.5 Å². The van der Waals surface area contributed by atoms with Gasteiger partial charge in [-0.25, -0.2) is 0 Å². The van der Waals surface area contributed by atoms with Gasteiger partial charge in [0.2, 0.25) is 5.91 Å². The fourth-order valence-electron chi connectivity index (χ4n) is 2.99. The smallest absolute Gasteiger partial charge is 0.227 e. The lowest BCUT2D eigenvalue weighted by molar-refractivity contribution is -0.125. The Kier molecular flexibility index (Phi) is 4.03. The number of benzene rings is 1. The van der Waals surface area contributed by atoms with Crippen molar-refractivity contribution >= 4 is 5.91 Å². The molecule has 2 aliphatic rings. The first-order chi connectivity index (χ1) is 9.79. The molecule has 1 heterocycles. The Morgan fingerprint density at radius 2 is 2.05 bits per heavy atom. The number of rotatable bonds is 5. The third-order valence-electron chi connectivity index (χ3n) is 4.23. The molecule has 0 radical (unpaired) electrons. The van der Waals surface area contributed by atoms with Crippen molar-refractivity contribution in [3.63, 3.8) is 0 Å². The Bertz CT molecular complexity index is 463. The summed E-state index contributed by atoms with van der Waals surface area (Å²) in [6.45, 7) is 4.10. The van der Waals surface area contributed by atoms with E-state index in [-0.39, 0.29) is 17.9 Å². The molecule has 1 aliphatic heterocycles. The van der Waals surface area contributed by atoms with Crippen LogP contribution in [-0.4, -0.2) is 37.7 Å². The van der Waals surface area contributed by atoms with Crippen LogP contribution in [0.5, 0.6) is 0 Å². The lowest BCUT2D eigenvalue weighted by Gasteiger charge is -2.17. The van der Waals surface area contributed by atoms with Crippen LogP contribution in [0.4, 0.5) is 0 Å². The molecule has 1 aromatic rings. The molecule has 3 rings (SSSR count). The molecule has 0 aromatic heterocycles. The fourth-order valence-corrected chi connectivity index (χ4v) is 2.99. The van der Waals surface area contributed by atoms with Gasteiger partial charge >= 0.3 is 0 Å². The molecule has 2 N–H and O–H groups in total. The van der Waals surface area contributed by atoms with Crippen LogP contribution < -0.4 is 10.6 Å². The predicted octanol–water partition coefficient (Wildman–Crippen LogP) is 1.28. The molecule has 4 unspecified atom stereocenters. The van der Waals surface area contributed by atoms with E-state index in [9.17, 15) is 4.79 Å². The first-order valence-corrected chi connectivity index (χ1v) is 7.46. The summed E-state index contributed by atoms with van der Waals surface area (Å²) in [6, 6.07) is 10.9. The van der Waals surface area contributed by atoms with Gasteiger partial charge in [0, 0.05) is 18.0 Å². The number of ether oxygens (including phenoxy) is 1. The molecule has 1 aromatic carbocycles. The van der Waals surface area contributed by atoms with Gasteiger partial charge in [0.05, 0.1) is 19.1 Å². The topological polar surface area (TPSA) is 50.4 Å². The normalized spacial score (nSPS) is 32.0. The largest absolute Gasteiger partial charge is 0.379 e. The summed E-state index contributed by atoms with van der Waals surface area (Å²) in [5, 5.41) is 6.50. The number of carbonyl (C=O) groups excluding carboxylic acids is 1. The van der Waals surface area contributed by atoms with Crippen LogP contribution >= 0.6 is 0 Å². The highest BCUT2D eigenvalue weighted by molar-refractivity contribution is 5.80. The number of carbonyl (C=O) groups is 1. The summed E-state index contributed by atoms with van der Waals surface area (Å²) in [4.78, 5) is 12.3. The van der Waals surface area contributed by atoms with Crippen molar-refractivity contribution in [1.82, 2.24) is 10.6 Å². The standard InChI is InChI=1S/C16H22N2O2/c1-2-17-15-10-20-9-13(15)16(19)18-14-8-12(14)11-6-4-3-5-7-11/h3-7,12-15,17H,2,8-10H2,1H3,(H,18,19). The second-order valence-electron chi connectivity index (χ2n) is 5.68. The van der Waals surface area contributed by atoms with Crippen molar-refractivity contribution in [3.8, 4) is 0 Å². The van der Waals surface area contributed by atoms with E-state index >= 15 is 0 Å². The second kappa shape index (κ2) is 5.94. The Labute approximate surface area is 119 Å². The summed E-state index contributed by atoms with van der Waals surface area (Å²) in [5.41, 5.74) is 1.32. The molecular formula is C16H22N2O2. The first kappa shape index (κ1) is 13.6. The Hall–Kier alpha value is -1.39. The molecule has 0 spiro atoms. The van der Waals surface area contributed by atoms with Crippen molar-refractivity contribution in [2.45, 2.75) is 31.3 Å². The van der Waals surface area contributed by atoms with Gasteiger partial charge in [0.15, 0.2) is 0 Å². The molecule has 1 aliphatic carbocycles. The van der Waals surface area contributed by atoms with Crippen molar-refractivity contribution in [2.24, 2.45) is 5.92 Å². The van der Waals surface area contributed by atoms with Crippen LogP contribution in [0.15, 0.2) is 30.3 Å². The second-order valence-corrected chi connectivity index (χ2v) is 5.68. The fraction of sp³-hybridized carbons (Fsp3) is 0.562. The predicted molar refractivity (Wildman–Crippen MR) is 77.5 cm³/mol. The number of likely N-dealkylation sites (N-methyl/N-ethyl adjacent to an activating group) is 1. The lowest BCUT2D eigenvalue weighted by atomic mass is 10.0. The van der Waals surface area contributed by atoms with E-state index in [0.717, 1.165) is 13.0 Å². The molecule has 4 nitrogen and oxygen atoms in total. The summed E-state index contributed by atoms with van der Waals surface area (Å²) in [7, 11) is 0. The molecule has 1 saturated heterocycles. The van der Waals surface area contributed by atoms with Crippen LogP contribution in [-0.2, 0) is 9.53 Å². The molecule has 4 heteroatoms. The molecule has 108 valence electrons. The summed E-state index contributed by atoms with van der Waals surface area (Å²) >= 11 is 0. The van der Waals surface area contributed by atoms with Gasteiger partial charge in [0.25, 0.3) is 0 Å². The lowest BCUT2D eigenvalue weighted by Crippen LogP contribution is -2.44. The molecule has 1 amide bonds. The molecule has 2 fully saturated rings. The quantitative estimate of drug-likeness (QED) is 0.850. The average molecular weight is 274 g/mol. The van der Waals surface area contributed by atoms with Crippen molar-refractivity contribution in [2.75, 3.05) is 19.8 Å². The molecular weight excluding hydrogens is 252 g/mol. The SMILES string of the molecule is CCNC1COCC1C(=O)NC1CC1c1ccccc1. The third kappa shape index (κ3) is 2.86. The monoisotopic (exact) mass is 274 g/mol. The van der Waals surface area contributed by atoms with E-state index in [0.29, 0.717) is 25.2 Å². The van der Waals surface area contributed by atoms with E-state index in [1.54, 1.807) is 0 Å². The summed E-state index contributed by atoms with van der Waals surface area (Å²) in [5.74, 6) is 0.573. The minimum Gasteiger partial charge on any atom is -0.379 e. The maximum atomic E-state index is 12.3. The van der Waals surface area contributed by atoms with Gasteiger partial charge in [-0.2, -0.15) is 0 Å². The highest BCUT2D eigenvalue weighted by atomic mass is 16.5. The number of amides is 1. The average Bonchev–Trinajstić information content (AvgIpc) is 3.07. The zero-order valence-electron chi connectivity index (χ0n) is 11.8. The third-order valence-corrected chi connectivity index (χ3v) is 4.23. The van der Waals surface area contributed by atoms with E-state index in [1.165, 1.54) is 5.56 Å². The Balaban J connectivity index is 1.53. The van der Waals surface area contributed by atoms with Gasteiger partial charge in [0.1, 0.15) is 0 Å². The van der Waals surface area contributed by atoms with Crippen LogP contribution in [0.3, 0.4) is 0 Å². The van der Waals surface area contributed by atoms with Gasteiger partial charge < -0.3 is 15.4 Å². The van der Waals surface area contributed by atoms with E-state index in [1.807, 2.05) is 6.07 Å². The van der Waals surface area contributed by atoms with E-state index < -0.39 is 0 Å². The van der Waals surface area contributed by atoms with Gasteiger partial charge in [-0.1, -0.05) is 37.3 Å². The summed E-state index contributed by atoms with van der Waals surface area (Å²) < 4.78 is 5.43. The van der Waals surface area contributed by atoms with Gasteiger partial charge in [-0.3, -0.25) is 4.79 Å². The molecule has 20 heavy (non-hydrogen) atoms.